The molecular formula is C11H23NO2. The normalized spacial score (nSPS) is 17.2. The Hall–Kier alpha value is -0.570. The molecule has 3 heteroatoms. The third kappa shape index (κ3) is 4.61. The quantitative estimate of drug-likeness (QED) is 0.670. The van der Waals surface area contributed by atoms with Crippen molar-refractivity contribution in [2.24, 2.45) is 5.73 Å². The Bertz CT molecular complexity index is 178. The highest BCUT2D eigenvalue weighted by atomic mass is 16.5. The summed E-state index contributed by atoms with van der Waals surface area (Å²) in [6, 6.07) is 0. The molecule has 2 N–H and O–H groups in total. The van der Waals surface area contributed by atoms with Gasteiger partial charge in [0.15, 0.2) is 0 Å². The molecule has 0 aromatic carbocycles. The van der Waals surface area contributed by atoms with Gasteiger partial charge in [-0.05, 0) is 26.7 Å². The summed E-state index contributed by atoms with van der Waals surface area (Å²) in [4.78, 5) is 11.6. The molecule has 0 aliphatic carbocycles. The highest BCUT2D eigenvalue weighted by molar-refractivity contribution is 5.80. The molecule has 14 heavy (non-hydrogen) atoms. The van der Waals surface area contributed by atoms with Gasteiger partial charge in [0.2, 0.25) is 0 Å². The maximum absolute atomic E-state index is 11.6. The molecule has 0 aromatic rings. The molecule has 0 aromatic heterocycles. The van der Waals surface area contributed by atoms with E-state index in [0.29, 0.717) is 6.42 Å². The summed E-state index contributed by atoms with van der Waals surface area (Å²) in [6.07, 6.45) is 3.46. The van der Waals surface area contributed by atoms with Crippen LogP contribution in [-0.4, -0.2) is 17.6 Å². The van der Waals surface area contributed by atoms with Gasteiger partial charge < -0.3 is 10.5 Å². The van der Waals surface area contributed by atoms with E-state index < -0.39 is 5.54 Å². The molecule has 0 aliphatic rings. The van der Waals surface area contributed by atoms with E-state index in [2.05, 4.69) is 6.92 Å². The van der Waals surface area contributed by atoms with Crippen LogP contribution in [0.25, 0.3) is 0 Å². The number of carbonyl (C=O) groups is 1. The lowest BCUT2D eigenvalue weighted by Gasteiger charge is -2.24. The van der Waals surface area contributed by atoms with Crippen molar-refractivity contribution in [2.75, 3.05) is 0 Å². The molecule has 0 saturated heterocycles. The highest BCUT2D eigenvalue weighted by Crippen LogP contribution is 2.13. The number of carbonyl (C=O) groups excluding carboxylic acids is 1. The predicted octanol–water partition coefficient (Wildman–Crippen LogP) is 2.24. The van der Waals surface area contributed by atoms with Crippen molar-refractivity contribution < 1.29 is 9.53 Å². The van der Waals surface area contributed by atoms with Crippen LogP contribution in [0.3, 0.4) is 0 Å². The first-order valence-electron chi connectivity index (χ1n) is 5.44. The van der Waals surface area contributed by atoms with Crippen molar-refractivity contribution in [1.29, 1.82) is 0 Å². The van der Waals surface area contributed by atoms with Gasteiger partial charge in [-0.1, -0.05) is 26.7 Å². The summed E-state index contributed by atoms with van der Waals surface area (Å²) in [5.74, 6) is -0.277. The zero-order chi connectivity index (χ0) is 11.2. The van der Waals surface area contributed by atoms with Crippen LogP contribution >= 0.6 is 0 Å². The number of hydrogen-bond acceptors (Lipinski definition) is 3. The fourth-order valence-electron chi connectivity index (χ4n) is 1.40. The van der Waals surface area contributed by atoms with Gasteiger partial charge in [-0.3, -0.25) is 4.79 Å². The van der Waals surface area contributed by atoms with Gasteiger partial charge in [0.05, 0.1) is 6.10 Å². The first kappa shape index (κ1) is 13.4. The first-order valence-corrected chi connectivity index (χ1v) is 5.44. The molecule has 0 rings (SSSR count). The van der Waals surface area contributed by atoms with Gasteiger partial charge in [0.25, 0.3) is 0 Å². The summed E-state index contributed by atoms with van der Waals surface area (Å²) in [6.45, 7) is 7.72. The van der Waals surface area contributed by atoms with Crippen LogP contribution in [0.15, 0.2) is 0 Å². The third-order valence-electron chi connectivity index (χ3n) is 2.24. The average Bonchev–Trinajstić information content (AvgIpc) is 2.04. The van der Waals surface area contributed by atoms with Crippen molar-refractivity contribution in [2.45, 2.75) is 65.0 Å². The third-order valence-corrected chi connectivity index (χ3v) is 2.24. The molecule has 2 atom stereocenters. The van der Waals surface area contributed by atoms with E-state index in [1.54, 1.807) is 6.92 Å². The molecule has 0 fully saturated rings. The van der Waals surface area contributed by atoms with Crippen LogP contribution in [-0.2, 0) is 9.53 Å². The van der Waals surface area contributed by atoms with Crippen LogP contribution in [0.2, 0.25) is 0 Å². The monoisotopic (exact) mass is 201 g/mol. The van der Waals surface area contributed by atoms with E-state index in [0.717, 1.165) is 19.3 Å². The minimum Gasteiger partial charge on any atom is -0.461 e. The number of hydrogen-bond donors (Lipinski definition) is 1. The zero-order valence-corrected chi connectivity index (χ0v) is 9.80. The Kier molecular flexibility index (Phi) is 5.77. The van der Waals surface area contributed by atoms with Crippen LogP contribution in [0.4, 0.5) is 0 Å². The second-order valence-electron chi connectivity index (χ2n) is 4.17. The lowest BCUT2D eigenvalue weighted by Crippen LogP contribution is -2.46. The van der Waals surface area contributed by atoms with Gasteiger partial charge in [-0.25, -0.2) is 0 Å². The maximum atomic E-state index is 11.6. The fraction of sp³-hybridized carbons (Fsp3) is 0.909. The van der Waals surface area contributed by atoms with Gasteiger partial charge in [0, 0.05) is 0 Å². The topological polar surface area (TPSA) is 52.3 Å². The van der Waals surface area contributed by atoms with E-state index in [-0.39, 0.29) is 12.1 Å². The van der Waals surface area contributed by atoms with Gasteiger partial charge in [-0.15, -0.1) is 0 Å². The molecule has 0 bridgehead atoms. The molecule has 0 spiro atoms. The van der Waals surface area contributed by atoms with Crippen LogP contribution in [0.1, 0.15) is 53.4 Å². The van der Waals surface area contributed by atoms with Gasteiger partial charge >= 0.3 is 5.97 Å². The summed E-state index contributed by atoms with van der Waals surface area (Å²) in [5, 5.41) is 0. The number of rotatable bonds is 6. The molecule has 3 nitrogen and oxygen atoms in total. The van der Waals surface area contributed by atoms with Crippen molar-refractivity contribution in [3.63, 3.8) is 0 Å². The summed E-state index contributed by atoms with van der Waals surface area (Å²) in [7, 11) is 0. The Morgan fingerprint density at radius 1 is 1.43 bits per heavy atom. The summed E-state index contributed by atoms with van der Waals surface area (Å²) in [5.41, 5.74) is 5.02. The van der Waals surface area contributed by atoms with Crippen molar-refractivity contribution >= 4 is 5.97 Å². The molecule has 0 amide bonds. The first-order chi connectivity index (χ1) is 6.44. The van der Waals surface area contributed by atoms with E-state index in [4.69, 9.17) is 10.5 Å². The molecule has 0 saturated carbocycles. The molecule has 2 unspecified atom stereocenters. The SMILES string of the molecule is CCCC(C)OC(=O)C(C)(N)CCC. The minimum absolute atomic E-state index is 0.0211. The van der Waals surface area contributed by atoms with E-state index in [1.807, 2.05) is 13.8 Å². The van der Waals surface area contributed by atoms with Crippen molar-refractivity contribution in [3.05, 3.63) is 0 Å². The minimum atomic E-state index is -0.823. The summed E-state index contributed by atoms with van der Waals surface area (Å²) >= 11 is 0. The maximum Gasteiger partial charge on any atom is 0.326 e. The predicted molar refractivity (Wildman–Crippen MR) is 58.0 cm³/mol. The largest absolute Gasteiger partial charge is 0.461 e. The Morgan fingerprint density at radius 3 is 2.43 bits per heavy atom. The van der Waals surface area contributed by atoms with Gasteiger partial charge in [-0.2, -0.15) is 0 Å². The molecule has 0 aliphatic heterocycles. The summed E-state index contributed by atoms with van der Waals surface area (Å²) < 4.78 is 5.24. The second-order valence-corrected chi connectivity index (χ2v) is 4.17. The lowest BCUT2D eigenvalue weighted by atomic mass is 9.98. The fourth-order valence-corrected chi connectivity index (χ4v) is 1.40. The van der Waals surface area contributed by atoms with Crippen molar-refractivity contribution in [1.82, 2.24) is 0 Å². The lowest BCUT2D eigenvalue weighted by molar-refractivity contribution is -0.154. The molecule has 0 heterocycles. The standard InChI is InChI=1S/C11H23NO2/c1-5-7-9(3)14-10(13)11(4,12)8-6-2/h9H,5-8,12H2,1-4H3. The van der Waals surface area contributed by atoms with E-state index in [9.17, 15) is 4.79 Å². The number of nitrogens with two attached hydrogens (primary N) is 1. The second kappa shape index (κ2) is 6.02. The van der Waals surface area contributed by atoms with E-state index in [1.165, 1.54) is 0 Å². The van der Waals surface area contributed by atoms with Crippen molar-refractivity contribution in [3.8, 4) is 0 Å². The van der Waals surface area contributed by atoms with Gasteiger partial charge in [0.1, 0.15) is 5.54 Å². The Balaban J connectivity index is 4.05. The Morgan fingerprint density at radius 2 is 2.00 bits per heavy atom. The highest BCUT2D eigenvalue weighted by Gasteiger charge is 2.29. The molecule has 0 radical (unpaired) electrons. The Labute approximate surface area is 87.0 Å². The van der Waals surface area contributed by atoms with Crippen LogP contribution in [0, 0.1) is 0 Å². The zero-order valence-electron chi connectivity index (χ0n) is 9.80. The van der Waals surface area contributed by atoms with Crippen LogP contribution in [0.5, 0.6) is 0 Å². The molecular weight excluding hydrogens is 178 g/mol. The number of esters is 1. The average molecular weight is 201 g/mol. The smallest absolute Gasteiger partial charge is 0.326 e. The molecule has 84 valence electrons. The number of ether oxygens (including phenoxy) is 1. The van der Waals surface area contributed by atoms with E-state index >= 15 is 0 Å². The van der Waals surface area contributed by atoms with Crippen LogP contribution < -0.4 is 5.73 Å².